The fourth-order valence-electron chi connectivity index (χ4n) is 4.30. The molecule has 0 radical (unpaired) electrons. The SMILES string of the molecule is COc1ccc2c(c1)CCCN2C(=O)CC(N)c1c(C)cc(OC(=O)OCC(C)C)cc1C. The number of carbonyl (C=O) groups excluding carboxylic acids is 2. The molecule has 7 nitrogen and oxygen atoms in total. The van der Waals surface area contributed by atoms with E-state index in [4.69, 9.17) is 19.9 Å². The van der Waals surface area contributed by atoms with Crippen molar-refractivity contribution in [1.29, 1.82) is 0 Å². The van der Waals surface area contributed by atoms with Gasteiger partial charge in [-0.3, -0.25) is 4.79 Å². The molecule has 3 rings (SSSR count). The monoisotopic (exact) mass is 454 g/mol. The third-order valence-electron chi connectivity index (χ3n) is 5.77. The maximum atomic E-state index is 13.2. The van der Waals surface area contributed by atoms with Gasteiger partial charge in [0.15, 0.2) is 0 Å². The molecular formula is C26H34N2O5. The van der Waals surface area contributed by atoms with Crippen molar-refractivity contribution in [3.8, 4) is 11.5 Å². The zero-order valence-corrected chi connectivity index (χ0v) is 20.1. The molecule has 0 aromatic heterocycles. The summed E-state index contributed by atoms with van der Waals surface area (Å²) in [6.45, 7) is 8.70. The highest BCUT2D eigenvalue weighted by molar-refractivity contribution is 5.95. The Morgan fingerprint density at radius 3 is 2.42 bits per heavy atom. The Morgan fingerprint density at radius 1 is 1.09 bits per heavy atom. The molecule has 0 aliphatic carbocycles. The molecule has 2 aromatic rings. The summed E-state index contributed by atoms with van der Waals surface area (Å²) in [7, 11) is 1.64. The Labute approximate surface area is 195 Å². The van der Waals surface area contributed by atoms with Gasteiger partial charge in [0.2, 0.25) is 5.91 Å². The summed E-state index contributed by atoms with van der Waals surface area (Å²) in [5, 5.41) is 0. The normalized spacial score (nSPS) is 14.0. The average Bonchev–Trinajstić information content (AvgIpc) is 2.76. The molecule has 1 aliphatic heterocycles. The summed E-state index contributed by atoms with van der Waals surface area (Å²) in [6.07, 6.45) is 1.28. The number of hydrogen-bond donors (Lipinski definition) is 1. The lowest BCUT2D eigenvalue weighted by molar-refractivity contribution is -0.119. The zero-order chi connectivity index (χ0) is 24.1. The standard InChI is InChI=1S/C26H34N2O5/c1-16(2)15-32-26(30)33-21-11-17(3)25(18(4)12-21)22(27)14-24(29)28-10-6-7-19-13-20(31-5)8-9-23(19)28/h8-9,11-13,16,22H,6-7,10,14-15,27H2,1-5H3. The number of hydrogen-bond acceptors (Lipinski definition) is 6. The van der Waals surface area contributed by atoms with Crippen LogP contribution in [0.1, 0.15) is 55.0 Å². The van der Waals surface area contributed by atoms with Gasteiger partial charge in [-0.05, 0) is 85.2 Å². The molecule has 1 aliphatic rings. The van der Waals surface area contributed by atoms with Crippen LogP contribution in [-0.4, -0.2) is 32.3 Å². The molecule has 1 unspecified atom stereocenters. The van der Waals surface area contributed by atoms with Crippen LogP contribution in [0.25, 0.3) is 0 Å². The van der Waals surface area contributed by atoms with Crippen LogP contribution in [0.3, 0.4) is 0 Å². The van der Waals surface area contributed by atoms with E-state index in [1.807, 2.05) is 50.8 Å². The predicted octanol–water partition coefficient (Wildman–Crippen LogP) is 4.85. The van der Waals surface area contributed by atoms with E-state index in [1.165, 1.54) is 0 Å². The van der Waals surface area contributed by atoms with E-state index in [0.717, 1.165) is 46.5 Å². The van der Waals surface area contributed by atoms with E-state index in [9.17, 15) is 9.59 Å². The maximum Gasteiger partial charge on any atom is 0.513 e. The highest BCUT2D eigenvalue weighted by Crippen LogP contribution is 2.33. The number of nitrogens with zero attached hydrogens (tertiary/aromatic N) is 1. The minimum Gasteiger partial charge on any atom is -0.497 e. The van der Waals surface area contributed by atoms with Crippen LogP contribution in [0.2, 0.25) is 0 Å². The molecule has 0 saturated heterocycles. The lowest BCUT2D eigenvalue weighted by Gasteiger charge is -2.31. The number of rotatable bonds is 7. The van der Waals surface area contributed by atoms with E-state index >= 15 is 0 Å². The second-order valence-corrected chi connectivity index (χ2v) is 8.98. The first-order valence-corrected chi connectivity index (χ1v) is 11.4. The molecule has 0 fully saturated rings. The topological polar surface area (TPSA) is 91.1 Å². The summed E-state index contributed by atoms with van der Waals surface area (Å²) in [4.78, 5) is 26.9. The van der Waals surface area contributed by atoms with Crippen molar-refractivity contribution in [2.45, 2.75) is 53.0 Å². The Balaban J connectivity index is 1.71. The summed E-state index contributed by atoms with van der Waals surface area (Å²) in [5.74, 6) is 1.42. The highest BCUT2D eigenvalue weighted by atomic mass is 16.7. The molecule has 1 heterocycles. The average molecular weight is 455 g/mol. The fraction of sp³-hybridized carbons (Fsp3) is 0.462. The van der Waals surface area contributed by atoms with Crippen molar-refractivity contribution in [3.63, 3.8) is 0 Å². The summed E-state index contributed by atoms with van der Waals surface area (Å²) >= 11 is 0. The van der Waals surface area contributed by atoms with Crippen molar-refractivity contribution < 1.29 is 23.8 Å². The highest BCUT2D eigenvalue weighted by Gasteiger charge is 2.26. The summed E-state index contributed by atoms with van der Waals surface area (Å²) in [5.41, 5.74) is 11.2. The van der Waals surface area contributed by atoms with Crippen LogP contribution in [-0.2, 0) is 16.0 Å². The number of aryl methyl sites for hydroxylation is 3. The first-order chi connectivity index (χ1) is 15.7. The van der Waals surface area contributed by atoms with Gasteiger partial charge in [0.25, 0.3) is 0 Å². The number of fused-ring (bicyclic) bond motifs is 1. The lowest BCUT2D eigenvalue weighted by Crippen LogP contribution is -2.37. The van der Waals surface area contributed by atoms with Crippen molar-refractivity contribution in [2.24, 2.45) is 11.7 Å². The van der Waals surface area contributed by atoms with Crippen LogP contribution in [0.4, 0.5) is 10.5 Å². The Bertz CT molecular complexity index is 995. The van der Waals surface area contributed by atoms with E-state index in [1.54, 1.807) is 19.2 Å². The summed E-state index contributed by atoms with van der Waals surface area (Å²) < 4.78 is 15.7. The van der Waals surface area contributed by atoms with Gasteiger partial charge in [-0.1, -0.05) is 13.8 Å². The molecule has 2 aromatic carbocycles. The van der Waals surface area contributed by atoms with E-state index < -0.39 is 12.2 Å². The smallest absolute Gasteiger partial charge is 0.497 e. The minimum atomic E-state index is -0.727. The Morgan fingerprint density at radius 2 is 1.79 bits per heavy atom. The van der Waals surface area contributed by atoms with Crippen LogP contribution in [0, 0.1) is 19.8 Å². The van der Waals surface area contributed by atoms with E-state index in [0.29, 0.717) is 18.9 Å². The predicted molar refractivity (Wildman–Crippen MR) is 128 cm³/mol. The number of methoxy groups -OCH3 is 1. The molecule has 0 saturated carbocycles. The molecule has 1 amide bonds. The van der Waals surface area contributed by atoms with Crippen molar-refractivity contribution in [2.75, 3.05) is 25.2 Å². The first kappa shape index (κ1) is 24.6. The van der Waals surface area contributed by atoms with Gasteiger partial charge >= 0.3 is 6.16 Å². The van der Waals surface area contributed by atoms with Crippen molar-refractivity contribution in [3.05, 3.63) is 52.6 Å². The minimum absolute atomic E-state index is 0.00925. The molecule has 178 valence electrons. The van der Waals surface area contributed by atoms with E-state index in [2.05, 4.69) is 0 Å². The fourth-order valence-corrected chi connectivity index (χ4v) is 4.30. The number of anilines is 1. The quantitative estimate of drug-likeness (QED) is 0.475. The zero-order valence-electron chi connectivity index (χ0n) is 20.1. The third kappa shape index (κ3) is 6.05. The molecule has 1 atom stereocenters. The second-order valence-electron chi connectivity index (χ2n) is 8.98. The van der Waals surface area contributed by atoms with Gasteiger partial charge in [-0.25, -0.2) is 4.79 Å². The second kappa shape index (κ2) is 10.7. The van der Waals surface area contributed by atoms with Gasteiger partial charge < -0.3 is 24.8 Å². The van der Waals surface area contributed by atoms with Gasteiger partial charge in [0, 0.05) is 24.7 Å². The van der Waals surface area contributed by atoms with Gasteiger partial charge in [0.05, 0.1) is 13.7 Å². The molecular weight excluding hydrogens is 420 g/mol. The molecule has 2 N–H and O–H groups in total. The number of ether oxygens (including phenoxy) is 3. The van der Waals surface area contributed by atoms with Crippen LogP contribution in [0.5, 0.6) is 11.5 Å². The molecule has 0 spiro atoms. The van der Waals surface area contributed by atoms with Crippen LogP contribution < -0.4 is 20.1 Å². The molecule has 7 heteroatoms. The van der Waals surface area contributed by atoms with Crippen LogP contribution in [0.15, 0.2) is 30.3 Å². The first-order valence-electron chi connectivity index (χ1n) is 11.4. The largest absolute Gasteiger partial charge is 0.513 e. The van der Waals surface area contributed by atoms with Crippen molar-refractivity contribution in [1.82, 2.24) is 0 Å². The summed E-state index contributed by atoms with van der Waals surface area (Å²) in [6, 6.07) is 8.86. The van der Waals surface area contributed by atoms with Crippen LogP contribution >= 0.6 is 0 Å². The Kier molecular flexibility index (Phi) is 7.97. The number of benzene rings is 2. The van der Waals surface area contributed by atoms with Gasteiger partial charge in [-0.15, -0.1) is 0 Å². The van der Waals surface area contributed by atoms with Gasteiger partial charge in [-0.2, -0.15) is 0 Å². The van der Waals surface area contributed by atoms with Gasteiger partial charge in [0.1, 0.15) is 11.5 Å². The lowest BCUT2D eigenvalue weighted by atomic mass is 9.93. The molecule has 33 heavy (non-hydrogen) atoms. The number of carbonyl (C=O) groups is 2. The van der Waals surface area contributed by atoms with E-state index in [-0.39, 0.29) is 18.2 Å². The van der Waals surface area contributed by atoms with Crippen molar-refractivity contribution >= 4 is 17.7 Å². The molecule has 0 bridgehead atoms. The maximum absolute atomic E-state index is 13.2. The number of amides is 1. The Hall–Kier alpha value is -3.06. The number of nitrogens with two attached hydrogens (primary N) is 1. The third-order valence-corrected chi connectivity index (χ3v) is 5.77.